The Balaban J connectivity index is 3.08. The van der Waals surface area contributed by atoms with Gasteiger partial charge in [-0.15, -0.1) is 0 Å². The lowest BCUT2D eigenvalue weighted by molar-refractivity contribution is 0.507. The number of aromatic nitrogens is 1. The minimum Gasteiger partial charge on any atom is -0.324 e. The molecule has 1 aromatic rings. The first-order valence-corrected chi connectivity index (χ1v) is 3.18. The van der Waals surface area contributed by atoms with Gasteiger partial charge in [-0.05, 0) is 24.6 Å². The number of halogens is 2. The van der Waals surface area contributed by atoms with Crippen LogP contribution >= 0.6 is 0 Å². The van der Waals surface area contributed by atoms with E-state index in [-0.39, 0.29) is 6.04 Å². The molecule has 0 fully saturated rings. The van der Waals surface area contributed by atoms with Crippen molar-refractivity contribution in [3.05, 3.63) is 29.6 Å². The normalized spacial score (nSPS) is 13.1. The Morgan fingerprint density at radius 1 is 1.36 bits per heavy atom. The highest BCUT2D eigenvalue weighted by molar-refractivity contribution is 5.15. The summed E-state index contributed by atoms with van der Waals surface area (Å²) in [4.78, 5) is 2.93. The Hall–Kier alpha value is -1.03. The van der Waals surface area contributed by atoms with Gasteiger partial charge in [0.05, 0.1) is 0 Å². The average molecular weight is 158 g/mol. The Morgan fingerprint density at radius 3 is 2.18 bits per heavy atom. The molecule has 60 valence electrons. The summed E-state index contributed by atoms with van der Waals surface area (Å²) < 4.78 is 24.8. The number of hydrogen-bond donors (Lipinski definition) is 1. The fourth-order valence-corrected chi connectivity index (χ4v) is 0.746. The van der Waals surface area contributed by atoms with Crippen molar-refractivity contribution in [2.75, 3.05) is 0 Å². The van der Waals surface area contributed by atoms with Crippen molar-refractivity contribution in [3.8, 4) is 0 Å². The monoisotopic (exact) mass is 158 g/mol. The highest BCUT2D eigenvalue weighted by Gasteiger charge is 2.04. The molecule has 0 spiro atoms. The molecule has 0 radical (unpaired) electrons. The zero-order valence-corrected chi connectivity index (χ0v) is 6.01. The molecule has 0 saturated carbocycles. The van der Waals surface area contributed by atoms with Crippen molar-refractivity contribution in [1.29, 1.82) is 0 Å². The van der Waals surface area contributed by atoms with Crippen LogP contribution in [-0.4, -0.2) is 4.98 Å². The van der Waals surface area contributed by atoms with Gasteiger partial charge in [-0.1, -0.05) is 0 Å². The van der Waals surface area contributed by atoms with E-state index in [0.29, 0.717) is 5.56 Å². The van der Waals surface area contributed by atoms with Crippen LogP contribution in [0.5, 0.6) is 0 Å². The summed E-state index contributed by atoms with van der Waals surface area (Å²) in [6, 6.07) is 1.86. The van der Waals surface area contributed by atoms with Crippen molar-refractivity contribution < 1.29 is 8.78 Å². The van der Waals surface area contributed by atoms with Crippen LogP contribution in [-0.2, 0) is 0 Å². The van der Waals surface area contributed by atoms with Crippen LogP contribution in [0.25, 0.3) is 0 Å². The van der Waals surface area contributed by atoms with Crippen molar-refractivity contribution in [2.45, 2.75) is 13.0 Å². The number of nitrogens with zero attached hydrogens (tertiary/aromatic N) is 1. The van der Waals surface area contributed by atoms with Crippen LogP contribution in [0.4, 0.5) is 8.78 Å². The van der Waals surface area contributed by atoms with E-state index in [1.54, 1.807) is 6.92 Å². The summed E-state index contributed by atoms with van der Waals surface area (Å²) in [6.07, 6.45) is 0. The molecule has 0 aliphatic carbocycles. The molecule has 0 aromatic carbocycles. The van der Waals surface area contributed by atoms with E-state index in [4.69, 9.17) is 5.73 Å². The fourth-order valence-electron chi connectivity index (χ4n) is 0.746. The zero-order chi connectivity index (χ0) is 8.43. The molecule has 1 rings (SSSR count). The van der Waals surface area contributed by atoms with Gasteiger partial charge in [0.2, 0.25) is 11.9 Å². The predicted octanol–water partition coefficient (Wildman–Crippen LogP) is 1.38. The van der Waals surface area contributed by atoms with Gasteiger partial charge in [0, 0.05) is 6.04 Å². The van der Waals surface area contributed by atoms with E-state index in [0.717, 1.165) is 12.1 Å². The molecule has 1 atom stereocenters. The molecule has 0 aliphatic rings. The Kier molecular flexibility index (Phi) is 2.14. The standard InChI is InChI=1S/C7H8F2N2/c1-4(10)5-2-6(8)11-7(9)3-5/h2-4H,10H2,1H3. The Bertz CT molecular complexity index is 240. The second kappa shape index (κ2) is 2.92. The summed E-state index contributed by atoms with van der Waals surface area (Å²) in [6.45, 7) is 1.65. The fraction of sp³-hybridized carbons (Fsp3) is 0.286. The molecule has 2 N–H and O–H groups in total. The molecule has 0 bridgehead atoms. The van der Waals surface area contributed by atoms with Crippen LogP contribution in [0.1, 0.15) is 18.5 Å². The van der Waals surface area contributed by atoms with E-state index in [1.807, 2.05) is 0 Å². The summed E-state index contributed by atoms with van der Waals surface area (Å²) in [5.74, 6) is -1.67. The molecule has 2 nitrogen and oxygen atoms in total. The maximum Gasteiger partial charge on any atom is 0.215 e. The van der Waals surface area contributed by atoms with Gasteiger partial charge in [-0.25, -0.2) is 0 Å². The topological polar surface area (TPSA) is 38.9 Å². The molecule has 0 saturated heterocycles. The first kappa shape index (κ1) is 8.07. The molecule has 1 unspecified atom stereocenters. The van der Waals surface area contributed by atoms with Crippen LogP contribution in [0, 0.1) is 11.9 Å². The van der Waals surface area contributed by atoms with Gasteiger partial charge in [0.15, 0.2) is 0 Å². The lowest BCUT2D eigenvalue weighted by Crippen LogP contribution is -2.06. The summed E-state index contributed by atoms with van der Waals surface area (Å²) >= 11 is 0. The van der Waals surface area contributed by atoms with E-state index in [1.165, 1.54) is 0 Å². The SMILES string of the molecule is CC(N)c1cc(F)nc(F)c1. The number of rotatable bonds is 1. The van der Waals surface area contributed by atoms with Crippen molar-refractivity contribution in [3.63, 3.8) is 0 Å². The van der Waals surface area contributed by atoms with E-state index < -0.39 is 11.9 Å². The Morgan fingerprint density at radius 2 is 1.82 bits per heavy atom. The first-order chi connectivity index (χ1) is 5.09. The van der Waals surface area contributed by atoms with Crippen molar-refractivity contribution >= 4 is 0 Å². The van der Waals surface area contributed by atoms with Gasteiger partial charge in [0.1, 0.15) is 0 Å². The van der Waals surface area contributed by atoms with Gasteiger partial charge < -0.3 is 5.73 Å². The predicted molar refractivity (Wildman–Crippen MR) is 36.8 cm³/mol. The molecule has 0 aliphatic heterocycles. The molecule has 1 aromatic heterocycles. The van der Waals surface area contributed by atoms with Crippen LogP contribution in [0.2, 0.25) is 0 Å². The maximum atomic E-state index is 12.4. The highest BCUT2D eigenvalue weighted by Crippen LogP contribution is 2.10. The molecular weight excluding hydrogens is 150 g/mol. The minimum atomic E-state index is -0.836. The molecule has 11 heavy (non-hydrogen) atoms. The summed E-state index contributed by atoms with van der Waals surface area (Å²) in [7, 11) is 0. The Labute approximate surface area is 63.1 Å². The number of nitrogens with two attached hydrogens (primary N) is 1. The first-order valence-electron chi connectivity index (χ1n) is 3.18. The third-order valence-electron chi connectivity index (χ3n) is 1.31. The number of pyridine rings is 1. The lowest BCUT2D eigenvalue weighted by Gasteiger charge is -2.03. The van der Waals surface area contributed by atoms with Gasteiger partial charge in [-0.2, -0.15) is 13.8 Å². The second-order valence-electron chi connectivity index (χ2n) is 2.33. The molecular formula is C7H8F2N2. The molecule has 1 heterocycles. The van der Waals surface area contributed by atoms with Gasteiger partial charge >= 0.3 is 0 Å². The van der Waals surface area contributed by atoms with E-state index in [2.05, 4.69) is 4.98 Å². The van der Waals surface area contributed by atoms with Gasteiger partial charge in [-0.3, -0.25) is 0 Å². The maximum absolute atomic E-state index is 12.4. The van der Waals surface area contributed by atoms with Crippen molar-refractivity contribution in [1.82, 2.24) is 4.98 Å². The van der Waals surface area contributed by atoms with Crippen LogP contribution < -0.4 is 5.73 Å². The lowest BCUT2D eigenvalue weighted by atomic mass is 10.1. The van der Waals surface area contributed by atoms with Crippen molar-refractivity contribution in [2.24, 2.45) is 5.73 Å². The molecule has 4 heteroatoms. The largest absolute Gasteiger partial charge is 0.324 e. The molecule has 0 amide bonds. The third-order valence-corrected chi connectivity index (χ3v) is 1.31. The second-order valence-corrected chi connectivity index (χ2v) is 2.33. The quantitative estimate of drug-likeness (QED) is 0.627. The summed E-state index contributed by atoms with van der Waals surface area (Å²) in [5.41, 5.74) is 5.80. The highest BCUT2D eigenvalue weighted by atomic mass is 19.1. The minimum absolute atomic E-state index is 0.373. The van der Waals surface area contributed by atoms with Crippen LogP contribution in [0.3, 0.4) is 0 Å². The van der Waals surface area contributed by atoms with E-state index in [9.17, 15) is 8.78 Å². The van der Waals surface area contributed by atoms with E-state index >= 15 is 0 Å². The smallest absolute Gasteiger partial charge is 0.215 e. The van der Waals surface area contributed by atoms with Gasteiger partial charge in [0.25, 0.3) is 0 Å². The third kappa shape index (κ3) is 1.94. The summed E-state index contributed by atoms with van der Waals surface area (Å²) in [5, 5.41) is 0. The number of hydrogen-bond acceptors (Lipinski definition) is 2. The van der Waals surface area contributed by atoms with Crippen LogP contribution in [0.15, 0.2) is 12.1 Å². The average Bonchev–Trinajstić information content (AvgIpc) is 1.85. The zero-order valence-electron chi connectivity index (χ0n) is 6.01.